The average molecular weight is 235 g/mol. The first-order valence-electron chi connectivity index (χ1n) is 5.99. The largest absolute Gasteiger partial charge is 0.350 e. The smallest absolute Gasteiger partial charge is 0.271 e. The van der Waals surface area contributed by atoms with Crippen molar-refractivity contribution in [2.24, 2.45) is 5.41 Å². The van der Waals surface area contributed by atoms with Crippen LogP contribution in [0.2, 0.25) is 0 Å². The van der Waals surface area contributed by atoms with Crippen LogP contribution in [0.25, 0.3) is 0 Å². The lowest BCUT2D eigenvalue weighted by Gasteiger charge is -2.41. The summed E-state index contributed by atoms with van der Waals surface area (Å²) in [6.45, 7) is 2.85. The molecule has 0 aliphatic heterocycles. The van der Waals surface area contributed by atoms with Crippen LogP contribution in [-0.2, 0) is 0 Å². The zero-order valence-electron chi connectivity index (χ0n) is 9.95. The molecule has 1 heterocycles. The molecule has 17 heavy (non-hydrogen) atoms. The van der Waals surface area contributed by atoms with Crippen molar-refractivity contribution < 1.29 is 4.79 Å². The molecule has 5 nitrogen and oxygen atoms in total. The Hall–Kier alpha value is -1.65. The summed E-state index contributed by atoms with van der Waals surface area (Å²) in [5.74, 6) is -0.221. The van der Waals surface area contributed by atoms with Crippen molar-refractivity contribution in [1.82, 2.24) is 15.5 Å². The highest BCUT2D eigenvalue weighted by molar-refractivity contribution is 5.91. The Kier molecular flexibility index (Phi) is 3.26. The molecule has 92 valence electrons. The van der Waals surface area contributed by atoms with Crippen molar-refractivity contribution in [3.05, 3.63) is 28.2 Å². The number of hydrogen-bond acceptors (Lipinski definition) is 3. The molecular weight excluding hydrogens is 218 g/mol. The first-order chi connectivity index (χ1) is 8.15. The summed E-state index contributed by atoms with van der Waals surface area (Å²) < 4.78 is 0. The molecule has 1 aliphatic rings. The molecule has 1 fully saturated rings. The molecule has 2 N–H and O–H groups in total. The first kappa shape index (κ1) is 11.8. The number of amides is 1. The summed E-state index contributed by atoms with van der Waals surface area (Å²) in [5, 5.41) is 8.84. The summed E-state index contributed by atoms with van der Waals surface area (Å²) in [4.78, 5) is 22.6. The highest BCUT2D eigenvalue weighted by Gasteiger charge is 2.35. The van der Waals surface area contributed by atoms with Crippen molar-refractivity contribution >= 4 is 5.91 Å². The van der Waals surface area contributed by atoms with Gasteiger partial charge in [-0.05, 0) is 30.7 Å². The highest BCUT2D eigenvalue weighted by Crippen LogP contribution is 2.42. The Balaban J connectivity index is 1.93. The SMILES string of the molecule is CCC1(CNC(=O)c2ccc(=O)[nH]n2)CCC1. The first-order valence-corrected chi connectivity index (χ1v) is 5.99. The van der Waals surface area contributed by atoms with Gasteiger partial charge in [-0.15, -0.1) is 0 Å². The molecule has 1 aromatic heterocycles. The number of carbonyl (C=O) groups is 1. The standard InChI is InChI=1S/C12H17N3O2/c1-2-12(6-3-7-12)8-13-11(17)9-4-5-10(16)15-14-9/h4-5H,2-3,6-8H2,1H3,(H,13,17)(H,15,16). The molecule has 1 saturated carbocycles. The van der Waals surface area contributed by atoms with E-state index in [0.29, 0.717) is 6.54 Å². The third-order valence-corrected chi connectivity index (χ3v) is 3.70. The fourth-order valence-corrected chi connectivity index (χ4v) is 2.16. The third-order valence-electron chi connectivity index (χ3n) is 3.70. The van der Waals surface area contributed by atoms with E-state index < -0.39 is 0 Å². The topological polar surface area (TPSA) is 74.8 Å². The molecule has 0 bridgehead atoms. The molecule has 0 atom stereocenters. The van der Waals surface area contributed by atoms with Crippen molar-refractivity contribution in [3.8, 4) is 0 Å². The van der Waals surface area contributed by atoms with Crippen LogP contribution in [0.5, 0.6) is 0 Å². The van der Waals surface area contributed by atoms with E-state index in [0.717, 1.165) is 6.42 Å². The van der Waals surface area contributed by atoms with Gasteiger partial charge in [-0.3, -0.25) is 9.59 Å². The van der Waals surface area contributed by atoms with Crippen LogP contribution in [0, 0.1) is 5.41 Å². The molecular formula is C12H17N3O2. The summed E-state index contributed by atoms with van der Waals surface area (Å²) in [7, 11) is 0. The molecule has 0 spiro atoms. The maximum Gasteiger partial charge on any atom is 0.271 e. The van der Waals surface area contributed by atoms with Gasteiger partial charge in [-0.25, -0.2) is 5.10 Å². The van der Waals surface area contributed by atoms with Gasteiger partial charge in [0.15, 0.2) is 0 Å². The number of aromatic nitrogens is 2. The Labute approximate surface area is 99.6 Å². The minimum absolute atomic E-state index is 0.221. The molecule has 0 aromatic carbocycles. The number of nitrogens with one attached hydrogen (secondary N) is 2. The molecule has 1 aliphatic carbocycles. The number of aromatic amines is 1. The number of nitrogens with zero attached hydrogens (tertiary/aromatic N) is 1. The van der Waals surface area contributed by atoms with Crippen LogP contribution in [0.15, 0.2) is 16.9 Å². The summed E-state index contributed by atoms with van der Waals surface area (Å²) in [6.07, 6.45) is 4.71. The highest BCUT2D eigenvalue weighted by atomic mass is 16.2. The molecule has 0 saturated heterocycles. The van der Waals surface area contributed by atoms with Gasteiger partial charge in [-0.1, -0.05) is 13.3 Å². The molecule has 1 amide bonds. The second-order valence-electron chi connectivity index (χ2n) is 4.70. The monoisotopic (exact) mass is 235 g/mol. The van der Waals surface area contributed by atoms with E-state index in [2.05, 4.69) is 22.4 Å². The third kappa shape index (κ3) is 2.54. The van der Waals surface area contributed by atoms with E-state index in [1.165, 1.54) is 31.4 Å². The van der Waals surface area contributed by atoms with Crippen molar-refractivity contribution in [3.63, 3.8) is 0 Å². The average Bonchev–Trinajstić information content (AvgIpc) is 2.29. The zero-order chi connectivity index (χ0) is 12.3. The fourth-order valence-electron chi connectivity index (χ4n) is 2.16. The molecule has 0 radical (unpaired) electrons. The number of hydrogen-bond donors (Lipinski definition) is 2. The van der Waals surface area contributed by atoms with E-state index >= 15 is 0 Å². The summed E-state index contributed by atoms with van der Waals surface area (Å²) >= 11 is 0. The van der Waals surface area contributed by atoms with E-state index in [-0.39, 0.29) is 22.6 Å². The van der Waals surface area contributed by atoms with Gasteiger partial charge < -0.3 is 5.32 Å². The van der Waals surface area contributed by atoms with Crippen LogP contribution in [0.3, 0.4) is 0 Å². The van der Waals surface area contributed by atoms with Gasteiger partial charge in [0.2, 0.25) is 0 Å². The molecule has 1 aromatic rings. The lowest BCUT2D eigenvalue weighted by atomic mass is 9.67. The van der Waals surface area contributed by atoms with E-state index in [1.807, 2.05) is 0 Å². The minimum Gasteiger partial charge on any atom is -0.350 e. The van der Waals surface area contributed by atoms with Crippen LogP contribution < -0.4 is 10.9 Å². The van der Waals surface area contributed by atoms with E-state index in [4.69, 9.17) is 0 Å². The summed E-state index contributed by atoms with van der Waals surface area (Å²) in [6, 6.07) is 2.74. The van der Waals surface area contributed by atoms with Crippen LogP contribution in [0.1, 0.15) is 43.1 Å². The maximum absolute atomic E-state index is 11.8. The minimum atomic E-state index is -0.300. The quantitative estimate of drug-likeness (QED) is 0.820. The predicted octanol–water partition coefficient (Wildman–Crippen LogP) is 1.08. The van der Waals surface area contributed by atoms with Crippen LogP contribution >= 0.6 is 0 Å². The van der Waals surface area contributed by atoms with Crippen molar-refractivity contribution in [2.45, 2.75) is 32.6 Å². The summed E-state index contributed by atoms with van der Waals surface area (Å²) in [5.41, 5.74) is 0.249. The Morgan fingerprint density at radius 1 is 1.53 bits per heavy atom. The normalized spacial score (nSPS) is 17.2. The van der Waals surface area contributed by atoms with Gasteiger partial charge in [0.1, 0.15) is 5.69 Å². The fraction of sp³-hybridized carbons (Fsp3) is 0.583. The van der Waals surface area contributed by atoms with Gasteiger partial charge >= 0.3 is 0 Å². The zero-order valence-corrected chi connectivity index (χ0v) is 9.95. The van der Waals surface area contributed by atoms with Crippen molar-refractivity contribution in [1.29, 1.82) is 0 Å². The van der Waals surface area contributed by atoms with Crippen LogP contribution in [0.4, 0.5) is 0 Å². The van der Waals surface area contributed by atoms with E-state index in [9.17, 15) is 9.59 Å². The lowest BCUT2D eigenvalue weighted by molar-refractivity contribution is 0.0844. The van der Waals surface area contributed by atoms with Gasteiger partial charge in [0, 0.05) is 12.6 Å². The lowest BCUT2D eigenvalue weighted by Crippen LogP contribution is -2.42. The Morgan fingerprint density at radius 3 is 2.76 bits per heavy atom. The predicted molar refractivity (Wildman–Crippen MR) is 63.8 cm³/mol. The molecule has 0 unspecified atom stereocenters. The van der Waals surface area contributed by atoms with E-state index in [1.54, 1.807) is 0 Å². The van der Waals surface area contributed by atoms with Gasteiger partial charge in [0.05, 0.1) is 0 Å². The maximum atomic E-state index is 11.8. The van der Waals surface area contributed by atoms with Crippen LogP contribution in [-0.4, -0.2) is 22.6 Å². The second-order valence-corrected chi connectivity index (χ2v) is 4.70. The second kappa shape index (κ2) is 4.69. The van der Waals surface area contributed by atoms with Gasteiger partial charge in [0.25, 0.3) is 11.5 Å². The Morgan fingerprint density at radius 2 is 2.29 bits per heavy atom. The number of H-pyrrole nitrogens is 1. The Bertz CT molecular complexity index is 437. The molecule has 2 rings (SSSR count). The molecule has 5 heteroatoms. The van der Waals surface area contributed by atoms with Crippen molar-refractivity contribution in [2.75, 3.05) is 6.54 Å². The van der Waals surface area contributed by atoms with Gasteiger partial charge in [-0.2, -0.15) is 5.10 Å². The number of carbonyl (C=O) groups excluding carboxylic acids is 1. The number of rotatable bonds is 4.